The highest BCUT2D eigenvalue weighted by molar-refractivity contribution is 7.14. The normalized spacial score (nSPS) is 11.6. The molecular weight excluding hydrogens is 350 g/mol. The summed E-state index contributed by atoms with van der Waals surface area (Å²) in [6.07, 6.45) is 0.345. The maximum Gasteiger partial charge on any atom is 0.226 e. The summed E-state index contributed by atoms with van der Waals surface area (Å²) in [6.45, 7) is 0.552. The second kappa shape index (κ2) is 8.58. The van der Waals surface area contributed by atoms with E-state index in [1.54, 1.807) is 22.8 Å². The van der Waals surface area contributed by atoms with Gasteiger partial charge in [0.2, 0.25) is 5.91 Å². The van der Waals surface area contributed by atoms with Crippen molar-refractivity contribution in [2.45, 2.75) is 12.5 Å². The highest BCUT2D eigenvalue weighted by atomic mass is 32.1. The van der Waals surface area contributed by atoms with Gasteiger partial charge in [0.1, 0.15) is 11.1 Å². The molecule has 0 saturated carbocycles. The molecule has 0 saturated heterocycles. The summed E-state index contributed by atoms with van der Waals surface area (Å²) in [4.78, 5) is 13.4. The summed E-state index contributed by atoms with van der Waals surface area (Å²) in [5.41, 5.74) is 1.68. The van der Waals surface area contributed by atoms with Crippen LogP contribution in [0.2, 0.25) is 0 Å². The summed E-state index contributed by atoms with van der Waals surface area (Å²) >= 11 is 3.06. The van der Waals surface area contributed by atoms with Crippen LogP contribution in [0.1, 0.15) is 28.5 Å². The number of nitrogens with one attached hydrogen (secondary N) is 2. The van der Waals surface area contributed by atoms with Gasteiger partial charge in [0, 0.05) is 17.8 Å². The van der Waals surface area contributed by atoms with Crippen LogP contribution in [-0.2, 0) is 4.79 Å². The molecule has 6 heteroatoms. The van der Waals surface area contributed by atoms with Gasteiger partial charge >= 0.3 is 0 Å². The van der Waals surface area contributed by atoms with Crippen LogP contribution in [0.3, 0.4) is 0 Å². The van der Waals surface area contributed by atoms with E-state index in [1.165, 1.54) is 21.8 Å². The van der Waals surface area contributed by atoms with Crippen LogP contribution in [0.5, 0.6) is 0 Å². The van der Waals surface area contributed by atoms with Crippen molar-refractivity contribution < 1.29 is 4.79 Å². The van der Waals surface area contributed by atoms with E-state index in [4.69, 9.17) is 5.26 Å². The number of anilines is 1. The molecule has 126 valence electrons. The van der Waals surface area contributed by atoms with Crippen LogP contribution < -0.4 is 10.6 Å². The third-order valence-electron chi connectivity index (χ3n) is 3.70. The maximum absolute atomic E-state index is 12.1. The summed E-state index contributed by atoms with van der Waals surface area (Å²) in [5, 5.41) is 19.7. The SMILES string of the molecule is N#Cc1ccsc1NC(=O)CCN[C@H](c1ccccc1)c1cccs1. The molecule has 1 aromatic carbocycles. The second-order valence-corrected chi connectivity index (χ2v) is 7.28. The molecular formula is C19H17N3OS2. The smallest absolute Gasteiger partial charge is 0.226 e. The first kappa shape index (κ1) is 17.4. The lowest BCUT2D eigenvalue weighted by Crippen LogP contribution is -2.26. The molecule has 3 rings (SSSR count). The molecule has 0 aliphatic heterocycles. The van der Waals surface area contributed by atoms with Gasteiger partial charge in [0.25, 0.3) is 0 Å². The molecule has 0 fully saturated rings. The van der Waals surface area contributed by atoms with Gasteiger partial charge in [-0.15, -0.1) is 22.7 Å². The molecule has 0 unspecified atom stereocenters. The first-order valence-electron chi connectivity index (χ1n) is 7.87. The number of rotatable bonds is 7. The molecule has 2 heterocycles. The molecule has 0 bridgehead atoms. The van der Waals surface area contributed by atoms with Crippen molar-refractivity contribution in [3.8, 4) is 6.07 Å². The van der Waals surface area contributed by atoms with E-state index in [2.05, 4.69) is 40.3 Å². The molecule has 3 aromatic rings. The Bertz CT molecular complexity index is 850. The van der Waals surface area contributed by atoms with Crippen LogP contribution in [0.15, 0.2) is 59.3 Å². The minimum absolute atomic E-state index is 0.0745. The van der Waals surface area contributed by atoms with Crippen LogP contribution in [-0.4, -0.2) is 12.5 Å². The number of nitrogens with zero attached hydrogens (tertiary/aromatic N) is 1. The number of benzene rings is 1. The van der Waals surface area contributed by atoms with Crippen LogP contribution in [0.25, 0.3) is 0 Å². The molecule has 25 heavy (non-hydrogen) atoms. The lowest BCUT2D eigenvalue weighted by atomic mass is 10.1. The Morgan fingerprint density at radius 2 is 1.92 bits per heavy atom. The zero-order valence-corrected chi connectivity index (χ0v) is 15.1. The Balaban J connectivity index is 1.59. The van der Waals surface area contributed by atoms with Gasteiger partial charge in [0.15, 0.2) is 0 Å². The Hall–Kier alpha value is -2.46. The topological polar surface area (TPSA) is 64.9 Å². The minimum Gasteiger partial charge on any atom is -0.317 e. The summed E-state index contributed by atoms with van der Waals surface area (Å²) in [5.74, 6) is -0.0931. The molecule has 0 aliphatic rings. The van der Waals surface area contributed by atoms with Crippen molar-refractivity contribution in [1.82, 2.24) is 5.32 Å². The Labute approximate surface area is 154 Å². The van der Waals surface area contributed by atoms with E-state index < -0.39 is 0 Å². The first-order chi connectivity index (χ1) is 12.3. The second-order valence-electron chi connectivity index (χ2n) is 5.39. The standard InChI is InChI=1S/C19H17N3OS2/c20-13-15-9-12-25-19(15)22-17(23)8-10-21-18(16-7-4-11-24-16)14-5-2-1-3-6-14/h1-7,9,11-12,18,21H,8,10H2,(H,22,23)/t18-/m1/s1. The molecule has 0 spiro atoms. The van der Waals surface area contributed by atoms with Crippen molar-refractivity contribution in [3.05, 3.63) is 75.3 Å². The quantitative estimate of drug-likeness (QED) is 0.651. The van der Waals surface area contributed by atoms with E-state index >= 15 is 0 Å². The third kappa shape index (κ3) is 4.54. The van der Waals surface area contributed by atoms with Gasteiger partial charge in [0.05, 0.1) is 11.6 Å². The first-order valence-corrected chi connectivity index (χ1v) is 9.63. The van der Waals surface area contributed by atoms with Gasteiger partial charge in [-0.25, -0.2) is 0 Å². The maximum atomic E-state index is 12.1. The van der Waals surface area contributed by atoms with Crippen molar-refractivity contribution in [1.29, 1.82) is 5.26 Å². The molecule has 0 aliphatic carbocycles. The van der Waals surface area contributed by atoms with Gasteiger partial charge in [-0.1, -0.05) is 36.4 Å². The predicted octanol–water partition coefficient (Wildman–Crippen LogP) is 4.39. The average molecular weight is 367 g/mol. The van der Waals surface area contributed by atoms with Crippen LogP contribution in [0.4, 0.5) is 5.00 Å². The fraction of sp³-hybridized carbons (Fsp3) is 0.158. The Morgan fingerprint density at radius 1 is 1.08 bits per heavy atom. The number of hydrogen-bond donors (Lipinski definition) is 2. The largest absolute Gasteiger partial charge is 0.317 e. The van der Waals surface area contributed by atoms with Gasteiger partial charge < -0.3 is 10.6 Å². The number of carbonyl (C=O) groups excluding carboxylic acids is 1. The zero-order chi connectivity index (χ0) is 17.5. The molecule has 1 amide bonds. The number of nitriles is 1. The summed E-state index contributed by atoms with van der Waals surface area (Å²) in [7, 11) is 0. The minimum atomic E-state index is -0.0931. The van der Waals surface area contributed by atoms with Crippen molar-refractivity contribution in [3.63, 3.8) is 0 Å². The Morgan fingerprint density at radius 3 is 2.64 bits per heavy atom. The lowest BCUT2D eigenvalue weighted by Gasteiger charge is -2.18. The van der Waals surface area contributed by atoms with Crippen LogP contribution >= 0.6 is 22.7 Å². The van der Waals surface area contributed by atoms with Crippen LogP contribution in [0, 0.1) is 11.3 Å². The third-order valence-corrected chi connectivity index (χ3v) is 5.47. The van der Waals surface area contributed by atoms with Crippen molar-refractivity contribution >= 4 is 33.6 Å². The van der Waals surface area contributed by atoms with E-state index in [0.717, 1.165) is 0 Å². The zero-order valence-electron chi connectivity index (χ0n) is 13.4. The fourth-order valence-corrected chi connectivity index (χ4v) is 4.08. The highest BCUT2D eigenvalue weighted by Gasteiger charge is 2.15. The molecule has 2 aromatic heterocycles. The monoisotopic (exact) mass is 367 g/mol. The molecule has 2 N–H and O–H groups in total. The van der Waals surface area contributed by atoms with E-state index in [9.17, 15) is 4.79 Å². The van der Waals surface area contributed by atoms with Gasteiger partial charge in [-0.2, -0.15) is 5.26 Å². The molecule has 0 radical (unpaired) electrons. The average Bonchev–Trinajstić information content (AvgIpc) is 3.31. The van der Waals surface area contributed by atoms with Crippen molar-refractivity contribution in [2.24, 2.45) is 0 Å². The summed E-state index contributed by atoms with van der Waals surface area (Å²) < 4.78 is 0. The molecule has 1 atom stereocenters. The number of thiophene rings is 2. The number of amides is 1. The van der Waals surface area contributed by atoms with Gasteiger partial charge in [-0.3, -0.25) is 4.79 Å². The van der Waals surface area contributed by atoms with E-state index in [-0.39, 0.29) is 11.9 Å². The van der Waals surface area contributed by atoms with Gasteiger partial charge in [-0.05, 0) is 28.5 Å². The van der Waals surface area contributed by atoms with E-state index in [0.29, 0.717) is 23.5 Å². The lowest BCUT2D eigenvalue weighted by molar-refractivity contribution is -0.116. The summed E-state index contributed by atoms with van der Waals surface area (Å²) in [6, 6.07) is 18.2. The number of carbonyl (C=O) groups is 1. The van der Waals surface area contributed by atoms with Crippen molar-refractivity contribution in [2.75, 3.05) is 11.9 Å². The fourth-order valence-electron chi connectivity index (χ4n) is 2.50. The highest BCUT2D eigenvalue weighted by Crippen LogP contribution is 2.26. The predicted molar refractivity (Wildman–Crippen MR) is 103 cm³/mol. The van der Waals surface area contributed by atoms with E-state index in [1.807, 2.05) is 24.3 Å². The Kier molecular flexibility index (Phi) is 5.96. The number of hydrogen-bond acceptors (Lipinski definition) is 5. The molecule has 4 nitrogen and oxygen atoms in total.